The lowest BCUT2D eigenvalue weighted by Gasteiger charge is -2.31. The molecule has 0 aliphatic rings. The molecule has 0 atom stereocenters. The van der Waals surface area contributed by atoms with E-state index in [4.69, 9.17) is 31.4 Å². The minimum atomic E-state index is -0.210. The average Bonchev–Trinajstić information content (AvgIpc) is 2.29. The average molecular weight is 334 g/mol. The van der Waals surface area contributed by atoms with Gasteiger partial charge in [0, 0.05) is 5.41 Å². The summed E-state index contributed by atoms with van der Waals surface area (Å²) >= 11 is 0. The molecule has 0 aromatic heterocycles. The number of hydrogen-bond donors (Lipinski definition) is 3. The number of rotatable bonds is 10. The van der Waals surface area contributed by atoms with Crippen molar-refractivity contribution in [2.45, 2.75) is 65.3 Å². The minimum Gasteiger partial charge on any atom is -0.366 e. The van der Waals surface area contributed by atoms with E-state index in [1.165, 1.54) is 0 Å². The van der Waals surface area contributed by atoms with Crippen molar-refractivity contribution >= 4 is 0 Å². The SMILES string of the molecule is C.C.C.C.C.C.C.CCC(COCN)(COCN)COCN. The maximum atomic E-state index is 5.29. The fourth-order valence-corrected chi connectivity index (χ4v) is 1.26. The molecule has 0 fully saturated rings. The molecule has 6 nitrogen and oxygen atoms in total. The first-order valence-electron chi connectivity index (χ1n) is 5.08. The Morgan fingerprint density at radius 3 is 0.955 bits per heavy atom. The van der Waals surface area contributed by atoms with Gasteiger partial charge in [0.15, 0.2) is 0 Å². The fraction of sp³-hybridized carbons (Fsp3) is 1.00. The highest BCUT2D eigenvalue weighted by molar-refractivity contribution is 4.77. The summed E-state index contributed by atoms with van der Waals surface area (Å²) in [4.78, 5) is 0. The lowest BCUT2D eigenvalue weighted by atomic mass is 9.88. The molecule has 0 amide bonds. The highest BCUT2D eigenvalue weighted by atomic mass is 16.5. The van der Waals surface area contributed by atoms with Gasteiger partial charge in [-0.05, 0) is 6.42 Å². The molecule has 0 rings (SSSR count). The van der Waals surface area contributed by atoms with Crippen LogP contribution in [0.25, 0.3) is 0 Å². The summed E-state index contributed by atoms with van der Waals surface area (Å²) in [7, 11) is 0. The Morgan fingerprint density at radius 2 is 0.818 bits per heavy atom. The van der Waals surface area contributed by atoms with Crippen LogP contribution in [0.4, 0.5) is 0 Å². The van der Waals surface area contributed by atoms with Crippen molar-refractivity contribution < 1.29 is 14.2 Å². The van der Waals surface area contributed by atoms with Crippen LogP contribution in [-0.2, 0) is 14.2 Å². The Balaban J connectivity index is -0.0000000467. The summed E-state index contributed by atoms with van der Waals surface area (Å²) in [6.45, 7) is 4.06. The van der Waals surface area contributed by atoms with Crippen LogP contribution in [0.3, 0.4) is 0 Å². The van der Waals surface area contributed by atoms with Gasteiger partial charge < -0.3 is 31.4 Å². The molecule has 0 radical (unpaired) electrons. The predicted molar refractivity (Wildman–Crippen MR) is 105 cm³/mol. The number of nitrogens with two attached hydrogens (primary N) is 3. The van der Waals surface area contributed by atoms with Crippen molar-refractivity contribution in [3.05, 3.63) is 0 Å². The zero-order chi connectivity index (χ0) is 11.6. The van der Waals surface area contributed by atoms with E-state index < -0.39 is 0 Å². The van der Waals surface area contributed by atoms with E-state index in [2.05, 4.69) is 0 Å². The van der Waals surface area contributed by atoms with Gasteiger partial charge in [0.05, 0.1) is 40.0 Å². The molecule has 0 bridgehead atoms. The maximum Gasteiger partial charge on any atom is 0.0940 e. The van der Waals surface area contributed by atoms with Gasteiger partial charge in [-0.3, -0.25) is 0 Å². The summed E-state index contributed by atoms with van der Waals surface area (Å²) in [5, 5.41) is 0. The predicted octanol–water partition coefficient (Wildman–Crippen LogP) is 3.63. The third-order valence-electron chi connectivity index (χ3n) is 2.33. The fourth-order valence-electron chi connectivity index (χ4n) is 1.26. The largest absolute Gasteiger partial charge is 0.366 e. The Labute approximate surface area is 143 Å². The van der Waals surface area contributed by atoms with Gasteiger partial charge in [0.25, 0.3) is 0 Å². The van der Waals surface area contributed by atoms with Crippen molar-refractivity contribution in [2.75, 3.05) is 40.0 Å². The summed E-state index contributed by atoms with van der Waals surface area (Å²) in [5.74, 6) is 0. The van der Waals surface area contributed by atoms with Gasteiger partial charge in [-0.25, -0.2) is 0 Å². The van der Waals surface area contributed by atoms with E-state index in [1.54, 1.807) is 0 Å². The van der Waals surface area contributed by atoms with Gasteiger partial charge in [0.1, 0.15) is 0 Å². The zero-order valence-electron chi connectivity index (χ0n) is 9.41. The molecule has 148 valence electrons. The van der Waals surface area contributed by atoms with Crippen LogP contribution < -0.4 is 17.2 Å². The van der Waals surface area contributed by atoms with E-state index in [-0.39, 0.29) is 77.6 Å². The van der Waals surface area contributed by atoms with Gasteiger partial charge >= 0.3 is 0 Å². The minimum absolute atomic E-state index is 0. The number of hydrogen-bond acceptors (Lipinski definition) is 6. The van der Waals surface area contributed by atoms with Crippen LogP contribution in [0.5, 0.6) is 0 Å². The van der Waals surface area contributed by atoms with Crippen LogP contribution in [-0.4, -0.2) is 40.0 Å². The van der Waals surface area contributed by atoms with Gasteiger partial charge in [-0.1, -0.05) is 58.9 Å². The van der Waals surface area contributed by atoms with Crippen LogP contribution >= 0.6 is 0 Å². The van der Waals surface area contributed by atoms with Crippen LogP contribution in [0.1, 0.15) is 65.3 Å². The third kappa shape index (κ3) is 22.0. The second kappa shape index (κ2) is 32.6. The maximum absolute atomic E-state index is 5.29. The Hall–Kier alpha value is -0.240. The van der Waals surface area contributed by atoms with E-state index >= 15 is 0 Å². The molecule has 0 saturated carbocycles. The summed E-state index contributed by atoms with van der Waals surface area (Å²) in [5.41, 5.74) is 15.7. The quantitative estimate of drug-likeness (QED) is 0.527. The van der Waals surface area contributed by atoms with Crippen molar-refractivity contribution in [3.8, 4) is 0 Å². The summed E-state index contributed by atoms with van der Waals surface area (Å²) in [6.07, 6.45) is 0.854. The van der Waals surface area contributed by atoms with Gasteiger partial charge in [0.2, 0.25) is 0 Å². The molecule has 22 heavy (non-hydrogen) atoms. The standard InChI is InChI=1S/C9H23N3O3.7CH4/c1-2-9(3-13-6-10,4-14-7-11)5-15-8-12;;;;;;;/h2-8,10-12H2,1H3;7*1H4. The van der Waals surface area contributed by atoms with E-state index in [0.717, 1.165) is 6.42 Å². The first-order chi connectivity index (χ1) is 7.24. The summed E-state index contributed by atoms with van der Waals surface area (Å²) in [6, 6.07) is 0. The van der Waals surface area contributed by atoms with Crippen molar-refractivity contribution in [3.63, 3.8) is 0 Å². The lowest BCUT2D eigenvalue weighted by Crippen LogP contribution is -2.38. The van der Waals surface area contributed by atoms with Gasteiger partial charge in [-0.15, -0.1) is 0 Å². The molecule has 0 unspecified atom stereocenters. The molecule has 0 heterocycles. The molecular weight excluding hydrogens is 282 g/mol. The smallest absolute Gasteiger partial charge is 0.0940 e. The van der Waals surface area contributed by atoms with E-state index in [9.17, 15) is 0 Å². The molecule has 6 N–H and O–H groups in total. The summed E-state index contributed by atoms with van der Waals surface area (Å²) < 4.78 is 15.7. The van der Waals surface area contributed by atoms with Crippen LogP contribution in [0.2, 0.25) is 0 Å². The molecule has 0 aliphatic heterocycles. The van der Waals surface area contributed by atoms with Gasteiger partial charge in [-0.2, -0.15) is 0 Å². The van der Waals surface area contributed by atoms with Crippen LogP contribution in [0.15, 0.2) is 0 Å². The third-order valence-corrected chi connectivity index (χ3v) is 2.33. The first kappa shape index (κ1) is 49.5. The van der Waals surface area contributed by atoms with Crippen molar-refractivity contribution in [1.82, 2.24) is 0 Å². The Kier molecular flexibility index (Phi) is 73.5. The van der Waals surface area contributed by atoms with E-state index in [0.29, 0.717) is 19.8 Å². The zero-order valence-corrected chi connectivity index (χ0v) is 9.41. The number of ether oxygens (including phenoxy) is 3. The second-order valence-electron chi connectivity index (χ2n) is 3.40. The Morgan fingerprint density at radius 1 is 0.591 bits per heavy atom. The molecule has 0 saturated heterocycles. The normalized spacial score (nSPS) is 8.18. The molecule has 6 heteroatoms. The highest BCUT2D eigenvalue weighted by Gasteiger charge is 2.29. The van der Waals surface area contributed by atoms with Crippen molar-refractivity contribution in [1.29, 1.82) is 0 Å². The molecule has 0 aromatic carbocycles. The molecule has 0 spiro atoms. The molecule has 0 aliphatic carbocycles. The Bertz CT molecular complexity index is 129. The van der Waals surface area contributed by atoms with Crippen molar-refractivity contribution in [2.24, 2.45) is 22.6 Å². The topological polar surface area (TPSA) is 106 Å². The lowest BCUT2D eigenvalue weighted by molar-refractivity contribution is -0.0689. The molecular formula is C16H51N3O3. The van der Waals surface area contributed by atoms with Crippen LogP contribution in [0, 0.1) is 5.41 Å². The second-order valence-corrected chi connectivity index (χ2v) is 3.40. The highest BCUT2D eigenvalue weighted by Crippen LogP contribution is 2.23. The van der Waals surface area contributed by atoms with E-state index in [1.807, 2.05) is 6.92 Å². The monoisotopic (exact) mass is 333 g/mol. The first-order valence-corrected chi connectivity index (χ1v) is 5.08. The molecule has 0 aromatic rings.